The van der Waals surface area contributed by atoms with Crippen molar-refractivity contribution in [1.82, 2.24) is 10.2 Å². The quantitative estimate of drug-likeness (QED) is 0.391. The lowest BCUT2D eigenvalue weighted by Gasteiger charge is -2.34. The van der Waals surface area contributed by atoms with Crippen LogP contribution in [0, 0.1) is 11.8 Å². The zero-order chi connectivity index (χ0) is 26.1. The molecule has 3 N–H and O–H groups in total. The first-order valence-electron chi connectivity index (χ1n) is 13.2. The van der Waals surface area contributed by atoms with Gasteiger partial charge in [0.1, 0.15) is 6.04 Å². The summed E-state index contributed by atoms with van der Waals surface area (Å²) >= 11 is 1.68. The van der Waals surface area contributed by atoms with E-state index in [0.717, 1.165) is 38.0 Å². The van der Waals surface area contributed by atoms with Crippen molar-refractivity contribution in [2.45, 2.75) is 68.4 Å². The van der Waals surface area contributed by atoms with Crippen LogP contribution in [0.2, 0.25) is 0 Å². The van der Waals surface area contributed by atoms with Gasteiger partial charge in [0.15, 0.2) is 0 Å². The van der Waals surface area contributed by atoms with Crippen molar-refractivity contribution in [2.24, 2.45) is 11.8 Å². The normalized spacial score (nSPS) is 30.4. The smallest absolute Gasteiger partial charge is 0.248 e. The Labute approximate surface area is 218 Å². The number of aliphatic hydroxyl groups is 1. The maximum absolute atomic E-state index is 13.9. The molecule has 5 atom stereocenters. The van der Waals surface area contributed by atoms with Crippen molar-refractivity contribution in [3.63, 3.8) is 0 Å². The number of carbonyl (C=O) groups is 3. The molecule has 36 heavy (non-hydrogen) atoms. The second-order valence-electron chi connectivity index (χ2n) is 10.4. The van der Waals surface area contributed by atoms with Crippen molar-refractivity contribution < 1.29 is 19.5 Å². The third kappa shape index (κ3) is 4.38. The first kappa shape index (κ1) is 26.8. The largest absolute Gasteiger partial charge is 0.396 e. The van der Waals surface area contributed by atoms with Crippen LogP contribution < -0.4 is 15.5 Å². The van der Waals surface area contributed by atoms with Crippen molar-refractivity contribution in [3.8, 4) is 0 Å². The van der Waals surface area contributed by atoms with Crippen LogP contribution in [-0.2, 0) is 14.4 Å². The highest BCUT2D eigenvalue weighted by atomic mass is 32.2. The van der Waals surface area contributed by atoms with Gasteiger partial charge in [-0.1, -0.05) is 0 Å². The Kier molecular flexibility index (Phi) is 7.90. The predicted molar refractivity (Wildman–Crippen MR) is 144 cm³/mol. The average molecular weight is 517 g/mol. The van der Waals surface area contributed by atoms with Gasteiger partial charge in [0.2, 0.25) is 17.7 Å². The van der Waals surface area contributed by atoms with Crippen molar-refractivity contribution in [3.05, 3.63) is 24.3 Å². The molecule has 3 amide bonds. The van der Waals surface area contributed by atoms with Gasteiger partial charge in [-0.05, 0) is 77.1 Å². The number of nitrogens with zero attached hydrogens (tertiary/aromatic N) is 2. The second kappa shape index (κ2) is 10.6. The molecule has 3 fully saturated rings. The lowest BCUT2D eigenvalue weighted by molar-refractivity contribution is -0.140. The Hall–Kier alpha value is -2.26. The molecule has 3 aliphatic heterocycles. The molecular weight excluding hydrogens is 476 g/mol. The number of aliphatic hydroxyl groups excluding tert-OH is 1. The molecule has 0 radical (unpaired) electrons. The van der Waals surface area contributed by atoms with Crippen LogP contribution in [0.15, 0.2) is 24.3 Å². The van der Waals surface area contributed by atoms with Gasteiger partial charge in [0, 0.05) is 49.4 Å². The van der Waals surface area contributed by atoms with Gasteiger partial charge < -0.3 is 25.5 Å². The van der Waals surface area contributed by atoms with Crippen LogP contribution in [0.5, 0.6) is 0 Å². The second-order valence-corrected chi connectivity index (χ2v) is 12.3. The Morgan fingerprint density at radius 3 is 2.42 bits per heavy atom. The summed E-state index contributed by atoms with van der Waals surface area (Å²) in [6.45, 7) is 8.68. The number of hydrogen-bond acceptors (Lipinski definition) is 6. The fourth-order valence-corrected chi connectivity index (χ4v) is 9.01. The van der Waals surface area contributed by atoms with Gasteiger partial charge in [-0.25, -0.2) is 0 Å². The third-order valence-corrected chi connectivity index (χ3v) is 10.4. The average Bonchev–Trinajstić information content (AvgIpc) is 3.44. The SMILES string of the molecule is CCN(CC)c1ccc(NC(=O)C2N(CCCCCO)C(=O)[C@@H]3[C@@H](C(=O)NC)[C@@]4(C)CCC23S4)cc1. The Morgan fingerprint density at radius 1 is 1.11 bits per heavy atom. The summed E-state index contributed by atoms with van der Waals surface area (Å²) in [5.74, 6) is -1.32. The van der Waals surface area contributed by atoms with Gasteiger partial charge in [-0.2, -0.15) is 0 Å². The zero-order valence-electron chi connectivity index (χ0n) is 21.9. The number of benzene rings is 1. The van der Waals surface area contributed by atoms with Crippen molar-refractivity contribution in [2.75, 3.05) is 43.5 Å². The Morgan fingerprint density at radius 2 is 1.81 bits per heavy atom. The molecule has 3 saturated heterocycles. The van der Waals surface area contributed by atoms with E-state index in [1.54, 1.807) is 23.7 Å². The number of fused-ring (bicyclic) bond motifs is 1. The number of unbranched alkanes of at least 4 members (excludes halogenated alkanes) is 2. The van der Waals surface area contributed by atoms with E-state index in [9.17, 15) is 19.5 Å². The molecule has 0 aromatic heterocycles. The first-order chi connectivity index (χ1) is 17.3. The maximum atomic E-state index is 13.9. The predicted octanol–water partition coefficient (Wildman–Crippen LogP) is 2.86. The fourth-order valence-electron chi connectivity index (χ4n) is 6.65. The van der Waals surface area contributed by atoms with E-state index < -0.39 is 22.6 Å². The summed E-state index contributed by atoms with van der Waals surface area (Å²) in [5.41, 5.74) is 1.81. The summed E-state index contributed by atoms with van der Waals surface area (Å²) in [6, 6.07) is 7.21. The molecule has 0 saturated carbocycles. The molecule has 198 valence electrons. The van der Waals surface area contributed by atoms with E-state index in [2.05, 4.69) is 36.3 Å². The van der Waals surface area contributed by atoms with E-state index >= 15 is 0 Å². The van der Waals surface area contributed by atoms with E-state index in [1.807, 2.05) is 24.3 Å². The molecule has 9 heteroatoms. The lowest BCUT2D eigenvalue weighted by atomic mass is 9.66. The summed E-state index contributed by atoms with van der Waals surface area (Å²) < 4.78 is -0.960. The van der Waals surface area contributed by atoms with Crippen LogP contribution in [0.1, 0.15) is 52.9 Å². The highest BCUT2D eigenvalue weighted by Gasteiger charge is 2.76. The van der Waals surface area contributed by atoms with Crippen LogP contribution in [0.4, 0.5) is 11.4 Å². The molecule has 3 aliphatic rings. The Bertz CT molecular complexity index is 984. The molecule has 1 aromatic carbocycles. The third-order valence-electron chi connectivity index (χ3n) is 8.37. The fraction of sp³-hybridized carbons (Fsp3) is 0.667. The summed E-state index contributed by atoms with van der Waals surface area (Å²) in [6.07, 6.45) is 3.71. The highest BCUT2D eigenvalue weighted by molar-refractivity contribution is 8.02. The zero-order valence-corrected chi connectivity index (χ0v) is 22.7. The lowest BCUT2D eigenvalue weighted by Crippen LogP contribution is -2.52. The van der Waals surface area contributed by atoms with Crippen LogP contribution in [-0.4, -0.2) is 76.6 Å². The monoisotopic (exact) mass is 516 g/mol. The van der Waals surface area contributed by atoms with E-state index in [0.29, 0.717) is 25.1 Å². The molecule has 0 aliphatic carbocycles. The minimum Gasteiger partial charge on any atom is -0.396 e. The van der Waals surface area contributed by atoms with Crippen molar-refractivity contribution in [1.29, 1.82) is 0 Å². The molecule has 2 unspecified atom stereocenters. The number of likely N-dealkylation sites (tertiary alicyclic amines) is 1. The number of carbonyl (C=O) groups excluding carboxylic acids is 3. The maximum Gasteiger partial charge on any atom is 0.248 e. The van der Waals surface area contributed by atoms with Gasteiger partial charge in [-0.3, -0.25) is 14.4 Å². The van der Waals surface area contributed by atoms with Crippen LogP contribution in [0.25, 0.3) is 0 Å². The van der Waals surface area contributed by atoms with Crippen LogP contribution in [0.3, 0.4) is 0 Å². The van der Waals surface area contributed by atoms with Crippen molar-refractivity contribution >= 4 is 40.9 Å². The molecular formula is C27H40N4O4S. The van der Waals surface area contributed by atoms with Gasteiger partial charge in [-0.15, -0.1) is 11.8 Å². The number of anilines is 2. The number of amides is 3. The number of rotatable bonds is 11. The van der Waals surface area contributed by atoms with Gasteiger partial charge in [0.05, 0.1) is 16.6 Å². The molecule has 1 spiro atoms. The summed E-state index contributed by atoms with van der Waals surface area (Å²) in [5, 5.41) is 15.0. The first-order valence-corrected chi connectivity index (χ1v) is 14.1. The van der Waals surface area contributed by atoms with E-state index in [-0.39, 0.29) is 29.1 Å². The van der Waals surface area contributed by atoms with E-state index in [1.165, 1.54) is 0 Å². The standard InChI is InChI=1S/C27H40N4O4S/c1-5-30(6-2)19-12-10-18(11-13-19)29-24(34)22-27-15-14-26(3,36-27)20(23(33)28-4)21(27)25(35)31(22)16-8-7-9-17-32/h10-13,20-22,32H,5-9,14-17H2,1-4H3,(H,28,33)(H,29,34)/t20-,21-,22?,26+,27?/m0/s1. The molecule has 4 rings (SSSR count). The summed E-state index contributed by atoms with van der Waals surface area (Å²) in [7, 11) is 1.62. The number of thioether (sulfide) groups is 1. The minimum absolute atomic E-state index is 0.0828. The van der Waals surface area contributed by atoms with E-state index in [4.69, 9.17) is 0 Å². The van der Waals surface area contributed by atoms with Gasteiger partial charge in [0.25, 0.3) is 0 Å². The number of nitrogens with one attached hydrogen (secondary N) is 2. The van der Waals surface area contributed by atoms with Gasteiger partial charge >= 0.3 is 0 Å². The molecule has 3 heterocycles. The number of hydrogen-bond donors (Lipinski definition) is 3. The Balaban J connectivity index is 1.62. The minimum atomic E-state index is -0.631. The molecule has 2 bridgehead atoms. The topological polar surface area (TPSA) is 102 Å². The van der Waals surface area contributed by atoms with Crippen LogP contribution >= 0.6 is 11.8 Å². The molecule has 8 nitrogen and oxygen atoms in total. The highest BCUT2D eigenvalue weighted by Crippen LogP contribution is 2.71. The molecule has 1 aromatic rings. The summed E-state index contributed by atoms with van der Waals surface area (Å²) in [4.78, 5) is 44.7.